The molecule has 0 bridgehead atoms. The van der Waals surface area contributed by atoms with Gasteiger partial charge in [0.1, 0.15) is 11.2 Å². The van der Waals surface area contributed by atoms with Crippen LogP contribution in [-0.4, -0.2) is 19.5 Å². The highest BCUT2D eigenvalue weighted by Crippen LogP contribution is 2.44. The summed E-state index contributed by atoms with van der Waals surface area (Å²) in [5.41, 5.74) is 12.5. The number of hydrogen-bond acceptors (Lipinski definition) is 4. The number of nitrogens with zero attached hydrogens (tertiary/aromatic N) is 4. The fraction of sp³-hybridized carbons (Fsp3) is 0. The molecule has 0 unspecified atom stereocenters. The lowest BCUT2D eigenvalue weighted by Crippen LogP contribution is -1.98. The Labute approximate surface area is 355 Å². The summed E-state index contributed by atoms with van der Waals surface area (Å²) in [6, 6.07) is 72.4. The Bertz CT molecular complexity index is 3920. The third-order valence-corrected chi connectivity index (χ3v) is 12.4. The Morgan fingerprint density at radius 2 is 1.05 bits per heavy atom. The molecule has 9 aromatic carbocycles. The molecule has 0 saturated carbocycles. The second kappa shape index (κ2) is 13.6. The first-order valence-electron chi connectivity index (χ1n) is 20.9. The van der Waals surface area contributed by atoms with Crippen molar-refractivity contribution >= 4 is 76.2 Å². The van der Waals surface area contributed by atoms with E-state index in [4.69, 9.17) is 19.4 Å². The number of pyridine rings is 1. The van der Waals surface area contributed by atoms with E-state index in [0.29, 0.717) is 5.82 Å². The molecule has 0 fully saturated rings. The van der Waals surface area contributed by atoms with Gasteiger partial charge in [-0.05, 0) is 65.4 Å². The van der Waals surface area contributed by atoms with Gasteiger partial charge in [0.25, 0.3) is 0 Å². The first-order valence-corrected chi connectivity index (χ1v) is 20.9. The van der Waals surface area contributed by atoms with Gasteiger partial charge in [-0.1, -0.05) is 152 Å². The monoisotopic (exact) mass is 790 g/mol. The van der Waals surface area contributed by atoms with Gasteiger partial charge >= 0.3 is 0 Å². The van der Waals surface area contributed by atoms with Gasteiger partial charge in [-0.3, -0.25) is 0 Å². The molecule has 0 aliphatic carbocycles. The molecule has 0 N–H and O–H groups in total. The van der Waals surface area contributed by atoms with Gasteiger partial charge in [0, 0.05) is 65.6 Å². The Kier molecular flexibility index (Phi) is 7.54. The Morgan fingerprint density at radius 3 is 1.94 bits per heavy atom. The molecular weight excluding hydrogens is 757 g/mol. The molecule has 13 aromatic rings. The van der Waals surface area contributed by atoms with Crippen molar-refractivity contribution in [2.45, 2.75) is 0 Å². The lowest BCUT2D eigenvalue weighted by Gasteiger charge is -2.15. The highest BCUT2D eigenvalue weighted by molar-refractivity contribution is 6.29. The summed E-state index contributed by atoms with van der Waals surface area (Å²) in [5.74, 6) is 0.658. The number of furan rings is 1. The quantitative estimate of drug-likeness (QED) is 0.163. The van der Waals surface area contributed by atoms with E-state index in [1.807, 2.05) is 18.2 Å². The molecule has 288 valence electrons. The molecule has 5 nitrogen and oxygen atoms in total. The van der Waals surface area contributed by atoms with Crippen LogP contribution in [-0.2, 0) is 0 Å². The molecule has 0 spiro atoms. The largest absolute Gasteiger partial charge is 0.456 e. The Morgan fingerprint density at radius 1 is 0.371 bits per heavy atom. The van der Waals surface area contributed by atoms with Crippen LogP contribution in [0.3, 0.4) is 0 Å². The molecule has 0 aliphatic rings. The van der Waals surface area contributed by atoms with Crippen LogP contribution in [0.2, 0.25) is 0 Å². The van der Waals surface area contributed by atoms with Gasteiger partial charge in [0.2, 0.25) is 0 Å². The summed E-state index contributed by atoms with van der Waals surface area (Å²) in [4.78, 5) is 16.5. The zero-order chi connectivity index (χ0) is 40.7. The zero-order valence-electron chi connectivity index (χ0n) is 33.3. The number of fused-ring (bicyclic) bond motifs is 11. The van der Waals surface area contributed by atoms with E-state index in [-0.39, 0.29) is 0 Å². The Hall–Kier alpha value is -8.41. The maximum Gasteiger partial charge on any atom is 0.161 e. The predicted octanol–water partition coefficient (Wildman–Crippen LogP) is 15.0. The van der Waals surface area contributed by atoms with Gasteiger partial charge in [-0.2, -0.15) is 0 Å². The van der Waals surface area contributed by atoms with E-state index in [2.05, 4.69) is 193 Å². The number of hydrogen-bond donors (Lipinski definition) is 0. The van der Waals surface area contributed by atoms with Crippen molar-refractivity contribution in [3.63, 3.8) is 0 Å². The fourth-order valence-corrected chi connectivity index (χ4v) is 9.62. The highest BCUT2D eigenvalue weighted by Gasteiger charge is 2.22. The van der Waals surface area contributed by atoms with Gasteiger partial charge < -0.3 is 8.98 Å². The number of benzene rings is 9. The molecule has 0 amide bonds. The van der Waals surface area contributed by atoms with Crippen molar-refractivity contribution in [3.05, 3.63) is 206 Å². The van der Waals surface area contributed by atoms with Crippen LogP contribution < -0.4 is 0 Å². The third-order valence-electron chi connectivity index (χ3n) is 12.4. The van der Waals surface area contributed by atoms with Crippen molar-refractivity contribution < 1.29 is 4.42 Å². The molecule has 0 atom stereocenters. The van der Waals surface area contributed by atoms with E-state index >= 15 is 0 Å². The summed E-state index contributed by atoms with van der Waals surface area (Å²) in [5, 5.41) is 9.98. The van der Waals surface area contributed by atoms with E-state index < -0.39 is 0 Å². The molecular formula is C57H34N4O. The van der Waals surface area contributed by atoms with Gasteiger partial charge in [-0.25, -0.2) is 15.0 Å². The summed E-state index contributed by atoms with van der Waals surface area (Å²) < 4.78 is 8.82. The number of aromatic nitrogens is 4. The average molecular weight is 791 g/mol. The van der Waals surface area contributed by atoms with Gasteiger partial charge in [0.15, 0.2) is 5.82 Å². The van der Waals surface area contributed by atoms with Crippen LogP contribution in [0.4, 0.5) is 0 Å². The second-order valence-corrected chi connectivity index (χ2v) is 15.9. The minimum atomic E-state index is 0.658. The van der Waals surface area contributed by atoms with Gasteiger partial charge in [0.05, 0.1) is 33.6 Å². The predicted molar refractivity (Wildman–Crippen MR) is 256 cm³/mol. The van der Waals surface area contributed by atoms with Crippen LogP contribution in [0.25, 0.3) is 127 Å². The number of rotatable bonds is 5. The SMILES string of the molecule is c1ccc(-c2nc3c(-c4cc(-c5ccc6c(c5)c5ccccc5n6-c5ccccc5)nc(-c5cccc6ccccc56)n4)cccc3c3c2ccc2oc4ccccc4c23)cc1. The highest BCUT2D eigenvalue weighted by atomic mass is 16.3. The summed E-state index contributed by atoms with van der Waals surface area (Å²) in [6.45, 7) is 0. The Balaban J connectivity index is 1.11. The molecule has 0 radical (unpaired) electrons. The van der Waals surface area contributed by atoms with Crippen molar-refractivity contribution in [2.75, 3.05) is 0 Å². The molecule has 0 saturated heterocycles. The summed E-state index contributed by atoms with van der Waals surface area (Å²) in [7, 11) is 0. The first kappa shape index (κ1) is 34.5. The van der Waals surface area contributed by atoms with Gasteiger partial charge in [-0.15, -0.1) is 0 Å². The van der Waals surface area contributed by atoms with E-state index in [9.17, 15) is 0 Å². The van der Waals surface area contributed by atoms with Crippen LogP contribution in [0.15, 0.2) is 211 Å². The van der Waals surface area contributed by atoms with Crippen molar-refractivity contribution in [2.24, 2.45) is 0 Å². The molecule has 5 heteroatoms. The fourth-order valence-electron chi connectivity index (χ4n) is 9.62. The van der Waals surface area contributed by atoms with Crippen molar-refractivity contribution in [1.29, 1.82) is 0 Å². The van der Waals surface area contributed by atoms with E-state index in [1.165, 1.54) is 5.39 Å². The lowest BCUT2D eigenvalue weighted by molar-refractivity contribution is 0.669. The minimum absolute atomic E-state index is 0.658. The summed E-state index contributed by atoms with van der Waals surface area (Å²) >= 11 is 0. The van der Waals surface area contributed by atoms with Crippen LogP contribution in [0.5, 0.6) is 0 Å². The standard InChI is InChI=1S/C57H34N4O/c1-3-16-36(17-4-1)55-45-30-32-52-54(43-23-10-12-28-51(43)62-52)53(45)44-26-14-25-42(56(44)60-55)48-34-47(58-57(59-48)41-24-13-18-35-15-7-8-21-39(35)41)37-29-31-50-46(33-37)40-22-9-11-27-49(40)61(50)38-19-5-2-6-20-38/h1-34H. The molecule has 0 aliphatic heterocycles. The maximum atomic E-state index is 6.48. The smallest absolute Gasteiger partial charge is 0.161 e. The van der Waals surface area contributed by atoms with Crippen molar-refractivity contribution in [1.82, 2.24) is 19.5 Å². The molecule has 4 heterocycles. The topological polar surface area (TPSA) is 56.7 Å². The van der Waals surface area contributed by atoms with Crippen LogP contribution in [0, 0.1) is 0 Å². The second-order valence-electron chi connectivity index (χ2n) is 15.9. The van der Waals surface area contributed by atoms with Crippen LogP contribution in [0.1, 0.15) is 0 Å². The van der Waals surface area contributed by atoms with Crippen molar-refractivity contribution in [3.8, 4) is 50.8 Å². The number of para-hydroxylation sites is 4. The van der Waals surface area contributed by atoms with Crippen LogP contribution >= 0.6 is 0 Å². The summed E-state index contributed by atoms with van der Waals surface area (Å²) in [6.07, 6.45) is 0. The van der Waals surface area contributed by atoms with E-state index in [1.54, 1.807) is 0 Å². The maximum absolute atomic E-state index is 6.48. The van der Waals surface area contributed by atoms with E-state index in [0.717, 1.165) is 116 Å². The normalized spacial score (nSPS) is 11.9. The molecule has 62 heavy (non-hydrogen) atoms. The minimum Gasteiger partial charge on any atom is -0.456 e. The average Bonchev–Trinajstić information content (AvgIpc) is 3.89. The molecule has 13 rings (SSSR count). The third kappa shape index (κ3) is 5.25. The lowest BCUT2D eigenvalue weighted by atomic mass is 9.94. The first-order chi connectivity index (χ1) is 30.7. The zero-order valence-corrected chi connectivity index (χ0v) is 33.3. The molecule has 4 aromatic heterocycles.